The third-order valence-electron chi connectivity index (χ3n) is 15.7. The second kappa shape index (κ2) is 69.3. The number of ether oxygens (including phenoxy) is 3. The Kier molecular flexibility index (Phi) is 66.6. The van der Waals surface area contributed by atoms with E-state index in [4.69, 9.17) is 14.2 Å². The van der Waals surface area contributed by atoms with E-state index in [9.17, 15) is 14.4 Å². The molecule has 1 atom stereocenters. The van der Waals surface area contributed by atoms with Gasteiger partial charge in [-0.15, -0.1) is 0 Å². The number of esters is 3. The number of carbonyl (C=O) groups is 3. The molecule has 6 nitrogen and oxygen atoms in total. The Morgan fingerprint density at radius 1 is 0.259 bits per heavy atom. The van der Waals surface area contributed by atoms with Gasteiger partial charge in [0.2, 0.25) is 0 Å². The average Bonchev–Trinajstić information content (AvgIpc) is 3.47. The predicted molar refractivity (Wildman–Crippen MR) is 353 cm³/mol. The number of hydrogen-bond acceptors (Lipinski definition) is 6. The maximum absolute atomic E-state index is 12.9. The van der Waals surface area contributed by atoms with Gasteiger partial charge in [-0.05, 0) is 83.5 Å². The maximum Gasteiger partial charge on any atom is 0.306 e. The van der Waals surface area contributed by atoms with Crippen LogP contribution in [0.1, 0.15) is 367 Å². The fraction of sp³-hybridized carbons (Fsp3) is 0.800. The van der Waals surface area contributed by atoms with Crippen molar-refractivity contribution in [2.75, 3.05) is 13.2 Å². The Morgan fingerprint density at radius 2 is 0.481 bits per heavy atom. The van der Waals surface area contributed by atoms with Crippen molar-refractivity contribution in [3.63, 3.8) is 0 Å². The van der Waals surface area contributed by atoms with Gasteiger partial charge in [0, 0.05) is 19.3 Å². The van der Waals surface area contributed by atoms with Crippen molar-refractivity contribution in [3.8, 4) is 0 Å². The van der Waals surface area contributed by atoms with Gasteiger partial charge in [-0.1, -0.05) is 338 Å². The molecule has 6 heteroatoms. The van der Waals surface area contributed by atoms with Crippen LogP contribution in [-0.4, -0.2) is 37.2 Å². The number of allylic oxidation sites excluding steroid dienone is 12. The van der Waals surface area contributed by atoms with Crippen molar-refractivity contribution >= 4 is 17.9 Å². The zero-order chi connectivity index (χ0) is 58.5. The van der Waals surface area contributed by atoms with Gasteiger partial charge >= 0.3 is 17.9 Å². The lowest BCUT2D eigenvalue weighted by Gasteiger charge is -2.18. The van der Waals surface area contributed by atoms with Crippen molar-refractivity contribution in [1.82, 2.24) is 0 Å². The first-order chi connectivity index (χ1) is 40.0. The molecule has 470 valence electrons. The minimum Gasteiger partial charge on any atom is -0.462 e. The molecule has 81 heavy (non-hydrogen) atoms. The molecule has 0 spiro atoms. The lowest BCUT2D eigenvalue weighted by atomic mass is 10.0. The summed E-state index contributed by atoms with van der Waals surface area (Å²) in [6, 6.07) is 0. The molecule has 0 aliphatic rings. The van der Waals surface area contributed by atoms with E-state index < -0.39 is 6.10 Å². The second-order valence-corrected chi connectivity index (χ2v) is 23.7. The second-order valence-electron chi connectivity index (χ2n) is 23.7. The third kappa shape index (κ3) is 67.5. The number of rotatable bonds is 65. The third-order valence-corrected chi connectivity index (χ3v) is 15.7. The van der Waals surface area contributed by atoms with E-state index in [1.807, 2.05) is 0 Å². The highest BCUT2D eigenvalue weighted by Crippen LogP contribution is 2.18. The fourth-order valence-electron chi connectivity index (χ4n) is 10.5. The zero-order valence-electron chi connectivity index (χ0n) is 54.1. The van der Waals surface area contributed by atoms with Gasteiger partial charge in [-0.25, -0.2) is 0 Å². The molecule has 0 saturated carbocycles. The van der Waals surface area contributed by atoms with Crippen LogP contribution in [0.4, 0.5) is 0 Å². The molecule has 0 N–H and O–H groups in total. The van der Waals surface area contributed by atoms with E-state index in [0.717, 1.165) is 122 Å². The van der Waals surface area contributed by atoms with Crippen molar-refractivity contribution < 1.29 is 28.6 Å². The Balaban J connectivity index is 4.19. The molecular formula is C75H134O6. The quantitative estimate of drug-likeness (QED) is 0.0261. The average molecular weight is 1130 g/mol. The molecule has 0 radical (unpaired) electrons. The van der Waals surface area contributed by atoms with Gasteiger partial charge in [0.05, 0.1) is 0 Å². The lowest BCUT2D eigenvalue weighted by molar-refractivity contribution is -0.167. The Morgan fingerprint density at radius 3 is 0.753 bits per heavy atom. The monoisotopic (exact) mass is 1130 g/mol. The minimum absolute atomic E-state index is 0.0823. The number of carbonyl (C=O) groups excluding carboxylic acids is 3. The van der Waals surface area contributed by atoms with Crippen LogP contribution in [0.2, 0.25) is 0 Å². The van der Waals surface area contributed by atoms with Crippen molar-refractivity contribution in [3.05, 3.63) is 72.9 Å². The molecule has 0 aliphatic heterocycles. The summed E-state index contributed by atoms with van der Waals surface area (Å²) in [6.45, 7) is 6.45. The highest BCUT2D eigenvalue weighted by Gasteiger charge is 2.19. The minimum atomic E-state index is -0.789. The molecule has 0 amide bonds. The fourth-order valence-corrected chi connectivity index (χ4v) is 10.5. The van der Waals surface area contributed by atoms with Crippen LogP contribution in [-0.2, 0) is 28.6 Å². The molecule has 0 aromatic carbocycles. The van der Waals surface area contributed by atoms with Gasteiger partial charge in [-0.3, -0.25) is 14.4 Å². The van der Waals surface area contributed by atoms with Gasteiger partial charge in [0.1, 0.15) is 13.2 Å². The van der Waals surface area contributed by atoms with Crippen molar-refractivity contribution in [1.29, 1.82) is 0 Å². The van der Waals surface area contributed by atoms with Crippen LogP contribution in [0.15, 0.2) is 72.9 Å². The summed E-state index contributed by atoms with van der Waals surface area (Å²) in [7, 11) is 0. The van der Waals surface area contributed by atoms with E-state index >= 15 is 0 Å². The Bertz CT molecular complexity index is 1490. The van der Waals surface area contributed by atoms with Crippen molar-refractivity contribution in [2.45, 2.75) is 374 Å². The van der Waals surface area contributed by atoms with Crippen LogP contribution in [0.3, 0.4) is 0 Å². The molecule has 0 aromatic heterocycles. The molecule has 0 bridgehead atoms. The molecule has 0 aliphatic carbocycles. The summed E-state index contributed by atoms with van der Waals surface area (Å²) in [6.07, 6.45) is 90.9. The summed E-state index contributed by atoms with van der Waals surface area (Å²) in [5.41, 5.74) is 0. The standard InChI is InChI=1S/C75H134O6/c1-4-7-10-13-16-19-22-25-28-30-31-32-33-34-35-36-37-38-39-40-41-42-43-45-47-50-53-56-59-62-65-68-74(77)80-71-72(70-79-73(76)67-64-61-58-55-52-49-46-27-24-21-18-15-12-9-6-3)81-75(78)69-66-63-60-57-54-51-48-44-29-26-23-20-17-14-11-8-5-2/h8-9,11-12,17-18,20-21,26-27,29,46,72H,4-7,10,13-16,19,22-25,28,30-45,47-71H2,1-3H3/b11-8-,12-9-,20-17-,21-18-,29-26-,46-27-. The molecule has 1 unspecified atom stereocenters. The van der Waals surface area contributed by atoms with E-state index in [1.165, 1.54) is 205 Å². The smallest absolute Gasteiger partial charge is 0.306 e. The summed E-state index contributed by atoms with van der Waals surface area (Å²) >= 11 is 0. The first-order valence-corrected chi connectivity index (χ1v) is 35.4. The van der Waals surface area contributed by atoms with E-state index in [-0.39, 0.29) is 31.1 Å². The molecule has 0 heterocycles. The van der Waals surface area contributed by atoms with Crippen LogP contribution < -0.4 is 0 Å². The summed E-state index contributed by atoms with van der Waals surface area (Å²) in [5.74, 6) is -0.891. The van der Waals surface area contributed by atoms with E-state index in [2.05, 4.69) is 93.7 Å². The highest BCUT2D eigenvalue weighted by atomic mass is 16.6. The van der Waals surface area contributed by atoms with E-state index in [1.54, 1.807) is 0 Å². The largest absolute Gasteiger partial charge is 0.462 e. The van der Waals surface area contributed by atoms with Gasteiger partial charge in [0.15, 0.2) is 6.10 Å². The number of hydrogen-bond donors (Lipinski definition) is 0. The first-order valence-electron chi connectivity index (χ1n) is 35.4. The molecule has 0 saturated heterocycles. The number of unbranched alkanes of at least 4 members (excludes halogenated alkanes) is 42. The molecule has 0 fully saturated rings. The highest BCUT2D eigenvalue weighted by molar-refractivity contribution is 5.71. The predicted octanol–water partition coefficient (Wildman–Crippen LogP) is 24.4. The van der Waals surface area contributed by atoms with Gasteiger partial charge < -0.3 is 14.2 Å². The molecule has 0 rings (SSSR count). The molecular weight excluding hydrogens is 997 g/mol. The first kappa shape index (κ1) is 77.9. The summed E-state index contributed by atoms with van der Waals surface area (Å²) in [5, 5.41) is 0. The topological polar surface area (TPSA) is 78.9 Å². The SMILES string of the molecule is CC/C=C\C/C=C\C/C=C\CCCCCCCCCC(=O)OC(COC(=O)CCCCCCC/C=C\C/C=C\C/C=C\CC)COC(=O)CCCCCCCCCCCCCCCCCCCCCCCCCCCCCCCCC. The van der Waals surface area contributed by atoms with Crippen LogP contribution in [0, 0.1) is 0 Å². The van der Waals surface area contributed by atoms with Gasteiger partial charge in [-0.2, -0.15) is 0 Å². The van der Waals surface area contributed by atoms with Crippen molar-refractivity contribution in [2.24, 2.45) is 0 Å². The molecule has 0 aromatic rings. The van der Waals surface area contributed by atoms with E-state index in [0.29, 0.717) is 19.3 Å². The maximum atomic E-state index is 12.9. The summed E-state index contributed by atoms with van der Waals surface area (Å²) < 4.78 is 17.0. The summed E-state index contributed by atoms with van der Waals surface area (Å²) in [4.78, 5) is 38.4. The Hall–Kier alpha value is -3.15. The zero-order valence-corrected chi connectivity index (χ0v) is 54.1. The lowest BCUT2D eigenvalue weighted by Crippen LogP contribution is -2.30. The van der Waals surface area contributed by atoms with Gasteiger partial charge in [0.25, 0.3) is 0 Å². The normalized spacial score (nSPS) is 12.5. The van der Waals surface area contributed by atoms with Crippen LogP contribution in [0.5, 0.6) is 0 Å². The van der Waals surface area contributed by atoms with Crippen LogP contribution >= 0.6 is 0 Å². The Labute approximate surface area is 503 Å². The van der Waals surface area contributed by atoms with Crippen LogP contribution in [0.25, 0.3) is 0 Å².